The van der Waals surface area contributed by atoms with Crippen LogP contribution in [0.25, 0.3) is 10.2 Å². The van der Waals surface area contributed by atoms with Gasteiger partial charge >= 0.3 is 6.03 Å². The molecule has 142 valence electrons. The average Bonchev–Trinajstić information content (AvgIpc) is 3.12. The maximum atomic E-state index is 13.0. The Morgan fingerprint density at radius 3 is 2.54 bits per heavy atom. The molecule has 2 unspecified atom stereocenters. The number of fused-ring (bicyclic) bond motifs is 1. The predicted octanol–water partition coefficient (Wildman–Crippen LogP) is 4.48. The lowest BCUT2D eigenvalue weighted by molar-refractivity contribution is -0.120. The van der Waals surface area contributed by atoms with Crippen LogP contribution in [0.1, 0.15) is 23.8 Å². The van der Waals surface area contributed by atoms with Gasteiger partial charge in [-0.2, -0.15) is 0 Å². The minimum atomic E-state index is -0.642. The first-order valence-corrected chi connectivity index (χ1v) is 9.89. The van der Waals surface area contributed by atoms with Crippen molar-refractivity contribution in [3.05, 3.63) is 65.7 Å². The number of amides is 3. The number of thiazole rings is 1. The lowest BCUT2D eigenvalue weighted by Crippen LogP contribution is -2.29. The van der Waals surface area contributed by atoms with Crippen LogP contribution in [0.4, 0.5) is 16.2 Å². The lowest BCUT2D eigenvalue weighted by atomic mass is 9.82. The summed E-state index contributed by atoms with van der Waals surface area (Å²) < 4.78 is 1.14. The van der Waals surface area contributed by atoms with Gasteiger partial charge in [-0.3, -0.25) is 4.79 Å². The number of rotatable bonds is 4. The van der Waals surface area contributed by atoms with E-state index in [9.17, 15) is 9.59 Å². The third-order valence-electron chi connectivity index (χ3n) is 4.79. The fraction of sp³-hybridized carbons (Fsp3) is 0.190. The second-order valence-corrected chi connectivity index (χ2v) is 7.80. The molecule has 0 saturated heterocycles. The third kappa shape index (κ3) is 3.89. The number of urea groups is 1. The maximum absolute atomic E-state index is 13.0. The van der Waals surface area contributed by atoms with E-state index < -0.39 is 6.03 Å². The van der Waals surface area contributed by atoms with Crippen LogP contribution in [-0.4, -0.2) is 16.9 Å². The Labute approximate surface area is 166 Å². The van der Waals surface area contributed by atoms with Gasteiger partial charge in [0.1, 0.15) is 0 Å². The van der Waals surface area contributed by atoms with Crippen molar-refractivity contribution >= 4 is 44.9 Å². The number of nitrogens with two attached hydrogens (primary N) is 1. The number of anilines is 2. The van der Waals surface area contributed by atoms with E-state index >= 15 is 0 Å². The molecule has 1 aliphatic carbocycles. The number of hydrogen-bond acceptors (Lipinski definition) is 4. The van der Waals surface area contributed by atoms with Crippen LogP contribution in [0, 0.1) is 5.92 Å². The molecule has 4 rings (SSSR count). The fourth-order valence-corrected chi connectivity index (χ4v) is 4.62. The van der Waals surface area contributed by atoms with Crippen molar-refractivity contribution in [1.82, 2.24) is 4.98 Å². The summed E-state index contributed by atoms with van der Waals surface area (Å²) in [6.45, 7) is 0. The lowest BCUT2D eigenvalue weighted by Gasteiger charge is -2.26. The van der Waals surface area contributed by atoms with Gasteiger partial charge in [-0.1, -0.05) is 30.4 Å². The Morgan fingerprint density at radius 1 is 1.00 bits per heavy atom. The monoisotopic (exact) mass is 392 g/mol. The second kappa shape index (κ2) is 7.82. The molecule has 3 aromatic rings. The summed E-state index contributed by atoms with van der Waals surface area (Å²) in [6, 6.07) is 14.3. The molecule has 0 fully saturated rings. The van der Waals surface area contributed by atoms with Crippen molar-refractivity contribution in [1.29, 1.82) is 0 Å². The van der Waals surface area contributed by atoms with E-state index in [0.29, 0.717) is 17.8 Å². The van der Waals surface area contributed by atoms with Crippen LogP contribution in [0.3, 0.4) is 0 Å². The molecule has 2 aromatic carbocycles. The Morgan fingerprint density at radius 2 is 1.75 bits per heavy atom. The molecular formula is C21H20N4O2S. The smallest absolute Gasteiger partial charge is 0.316 e. The van der Waals surface area contributed by atoms with Gasteiger partial charge in [0.05, 0.1) is 21.1 Å². The highest BCUT2D eigenvalue weighted by molar-refractivity contribution is 7.18. The van der Waals surface area contributed by atoms with Crippen LogP contribution in [0.5, 0.6) is 0 Å². The van der Waals surface area contributed by atoms with E-state index in [1.54, 1.807) is 35.6 Å². The number of aromatic nitrogens is 1. The number of para-hydroxylation sites is 1. The van der Waals surface area contributed by atoms with E-state index in [1.165, 1.54) is 0 Å². The van der Waals surface area contributed by atoms with Gasteiger partial charge in [-0.05, 0) is 43.2 Å². The molecule has 4 N–H and O–H groups in total. The van der Waals surface area contributed by atoms with Crippen molar-refractivity contribution < 1.29 is 9.59 Å². The predicted molar refractivity (Wildman–Crippen MR) is 113 cm³/mol. The normalized spacial score (nSPS) is 18.7. The molecule has 0 aliphatic heterocycles. The van der Waals surface area contributed by atoms with Crippen molar-refractivity contribution in [2.45, 2.75) is 18.8 Å². The first-order chi connectivity index (χ1) is 13.6. The Hall–Kier alpha value is -3.19. The van der Waals surface area contributed by atoms with Crippen LogP contribution in [-0.2, 0) is 4.79 Å². The molecule has 6 nitrogen and oxygen atoms in total. The highest BCUT2D eigenvalue weighted by atomic mass is 32.1. The van der Waals surface area contributed by atoms with Gasteiger partial charge in [-0.25, -0.2) is 9.78 Å². The van der Waals surface area contributed by atoms with Gasteiger partial charge in [0.25, 0.3) is 0 Å². The largest absolute Gasteiger partial charge is 0.351 e. The Kier molecular flexibility index (Phi) is 5.08. The van der Waals surface area contributed by atoms with Crippen molar-refractivity contribution in [2.24, 2.45) is 11.7 Å². The number of allylic oxidation sites excluding steroid dienone is 2. The highest BCUT2D eigenvalue weighted by Gasteiger charge is 2.32. The van der Waals surface area contributed by atoms with Crippen LogP contribution < -0.4 is 16.4 Å². The quantitative estimate of drug-likeness (QED) is 0.571. The molecule has 28 heavy (non-hydrogen) atoms. The molecule has 1 aliphatic rings. The van der Waals surface area contributed by atoms with Crippen molar-refractivity contribution in [2.75, 3.05) is 10.6 Å². The van der Waals surface area contributed by atoms with Crippen LogP contribution in [0.2, 0.25) is 0 Å². The van der Waals surface area contributed by atoms with Crippen LogP contribution in [0.15, 0.2) is 60.7 Å². The molecule has 1 aromatic heterocycles. The SMILES string of the molecule is NC(=O)Nc1cccc(NC(=O)C2CC=CCC2c2nc3ccccc3s2)c1. The zero-order valence-electron chi connectivity index (χ0n) is 15.1. The zero-order chi connectivity index (χ0) is 19.5. The van der Waals surface area contributed by atoms with Crippen molar-refractivity contribution in [3.63, 3.8) is 0 Å². The molecular weight excluding hydrogens is 372 g/mol. The first kappa shape index (κ1) is 18.2. The zero-order valence-corrected chi connectivity index (χ0v) is 15.9. The minimum absolute atomic E-state index is 0.0503. The van der Waals surface area contributed by atoms with Gasteiger partial charge in [0.2, 0.25) is 5.91 Å². The first-order valence-electron chi connectivity index (χ1n) is 9.08. The van der Waals surface area contributed by atoms with Crippen molar-refractivity contribution in [3.8, 4) is 0 Å². The summed E-state index contributed by atoms with van der Waals surface area (Å²) in [5, 5.41) is 6.48. The number of hydrogen-bond donors (Lipinski definition) is 3. The summed E-state index contributed by atoms with van der Waals surface area (Å²) in [4.78, 5) is 28.8. The number of primary amides is 1. The summed E-state index contributed by atoms with van der Waals surface area (Å²) in [6.07, 6.45) is 5.64. The van der Waals surface area contributed by atoms with Gasteiger partial charge in [0, 0.05) is 17.3 Å². The van der Waals surface area contributed by atoms with E-state index in [4.69, 9.17) is 10.7 Å². The fourth-order valence-electron chi connectivity index (χ4n) is 3.48. The summed E-state index contributed by atoms with van der Waals surface area (Å²) in [5.74, 6) is -0.197. The topological polar surface area (TPSA) is 97.1 Å². The third-order valence-corrected chi connectivity index (χ3v) is 5.96. The second-order valence-electron chi connectivity index (χ2n) is 6.73. The van der Waals surface area contributed by atoms with Crippen LogP contribution >= 0.6 is 11.3 Å². The number of carbonyl (C=O) groups excluding carboxylic acids is 2. The molecule has 1 heterocycles. The molecule has 0 spiro atoms. The number of nitrogens with zero attached hydrogens (tertiary/aromatic N) is 1. The Bertz CT molecular complexity index is 1030. The maximum Gasteiger partial charge on any atom is 0.316 e. The van der Waals surface area contributed by atoms with Gasteiger partial charge < -0.3 is 16.4 Å². The summed E-state index contributed by atoms with van der Waals surface area (Å²) in [5.41, 5.74) is 7.29. The number of nitrogens with one attached hydrogen (secondary N) is 2. The molecule has 3 amide bonds. The summed E-state index contributed by atoms with van der Waals surface area (Å²) in [7, 11) is 0. The molecule has 0 radical (unpaired) electrons. The van der Waals surface area contributed by atoms with E-state index in [0.717, 1.165) is 21.6 Å². The molecule has 2 atom stereocenters. The molecule has 0 bridgehead atoms. The highest BCUT2D eigenvalue weighted by Crippen LogP contribution is 2.39. The van der Waals surface area contributed by atoms with Gasteiger partial charge in [-0.15, -0.1) is 11.3 Å². The van der Waals surface area contributed by atoms with E-state index in [2.05, 4.69) is 28.9 Å². The number of benzene rings is 2. The molecule has 0 saturated carbocycles. The van der Waals surface area contributed by atoms with E-state index in [1.807, 2.05) is 18.2 Å². The minimum Gasteiger partial charge on any atom is -0.351 e. The standard InChI is InChI=1S/C21H20N4O2S/c22-21(27)24-14-7-5-6-13(12-14)23-19(26)15-8-1-2-9-16(15)20-25-17-10-3-4-11-18(17)28-20/h1-7,10-12,15-16H,8-9H2,(H,23,26)(H3,22,24,27). The summed E-state index contributed by atoms with van der Waals surface area (Å²) >= 11 is 1.65. The van der Waals surface area contributed by atoms with Gasteiger partial charge in [0.15, 0.2) is 0 Å². The number of carbonyl (C=O) groups is 2. The molecule has 7 heteroatoms. The van der Waals surface area contributed by atoms with E-state index in [-0.39, 0.29) is 17.7 Å². The average molecular weight is 392 g/mol. The Balaban J connectivity index is 1.55.